The Balaban J connectivity index is 1.27. The van der Waals surface area contributed by atoms with Crippen LogP contribution in [0.4, 0.5) is 5.69 Å². The third-order valence-corrected chi connectivity index (χ3v) is 8.84. The summed E-state index contributed by atoms with van der Waals surface area (Å²) in [4.78, 5) is 51.8. The Morgan fingerprint density at radius 1 is 1.26 bits per heavy atom. The number of ether oxygens (including phenoxy) is 1. The number of aromatic hydroxyl groups is 1. The van der Waals surface area contributed by atoms with Crippen molar-refractivity contribution in [1.82, 2.24) is 4.98 Å². The largest absolute Gasteiger partial charge is 0.506 e. The van der Waals surface area contributed by atoms with Crippen LogP contribution >= 0.6 is 0 Å². The number of phenolic OH excluding ortho intramolecular Hbond substituents is 1. The van der Waals surface area contributed by atoms with Crippen LogP contribution in [-0.4, -0.2) is 33.5 Å². The Kier molecular flexibility index (Phi) is 4.20. The lowest BCUT2D eigenvalue weighted by Gasteiger charge is -2.55. The van der Waals surface area contributed by atoms with Crippen LogP contribution in [0.25, 0.3) is 11.0 Å². The minimum absolute atomic E-state index is 0.00238. The van der Waals surface area contributed by atoms with Gasteiger partial charge in [-0.15, -0.1) is 0 Å². The number of aromatic amines is 1. The van der Waals surface area contributed by atoms with Crippen molar-refractivity contribution in [3.8, 4) is 5.75 Å². The Bertz CT molecular complexity index is 1410. The number of hydrogen-bond donors (Lipinski definition) is 3. The van der Waals surface area contributed by atoms with E-state index in [-0.39, 0.29) is 57.6 Å². The summed E-state index contributed by atoms with van der Waals surface area (Å²) >= 11 is 0. The first kappa shape index (κ1) is 21.3. The zero-order valence-corrected chi connectivity index (χ0v) is 19.0. The molecule has 3 heterocycles. The highest BCUT2D eigenvalue weighted by atomic mass is 16.5. The number of amides is 1. The van der Waals surface area contributed by atoms with E-state index in [0.717, 1.165) is 19.3 Å². The molecule has 9 nitrogen and oxygen atoms in total. The summed E-state index contributed by atoms with van der Waals surface area (Å²) in [6, 6.07) is 2.55. The van der Waals surface area contributed by atoms with Crippen LogP contribution in [0.3, 0.4) is 0 Å². The predicted molar refractivity (Wildman–Crippen MR) is 121 cm³/mol. The standard InChI is InChI=1S/C25H26N2O7/c1-23(16(29)5-8-25-10-12-9-15(20(23)25)34-24(12,2)11-25)7-6-17(30)26-18-14(28)4-3-13-19(18)33-22(32)27-21(13)31/h3-5,8,12,15,20,28H,6-7,9-11H2,1-2H3,(H,26,30)(H,27,31,32)/t12?,15?,20?,23-,24?,25?/m1/s1. The summed E-state index contributed by atoms with van der Waals surface area (Å²) < 4.78 is 11.5. The van der Waals surface area contributed by atoms with Gasteiger partial charge in [0, 0.05) is 17.8 Å². The third-order valence-electron chi connectivity index (χ3n) is 8.84. The third kappa shape index (κ3) is 2.76. The first-order valence-electron chi connectivity index (χ1n) is 11.7. The van der Waals surface area contributed by atoms with Crippen molar-refractivity contribution < 1.29 is 23.8 Å². The first-order chi connectivity index (χ1) is 16.0. The first-order valence-corrected chi connectivity index (χ1v) is 11.7. The highest BCUT2D eigenvalue weighted by Gasteiger charge is 2.71. The van der Waals surface area contributed by atoms with E-state index >= 15 is 0 Å². The van der Waals surface area contributed by atoms with Gasteiger partial charge in [0.1, 0.15) is 11.4 Å². The molecule has 5 aliphatic rings. The van der Waals surface area contributed by atoms with Crippen LogP contribution in [0.15, 0.2) is 38.3 Å². The van der Waals surface area contributed by atoms with Gasteiger partial charge in [-0.2, -0.15) is 0 Å². The second-order valence-electron chi connectivity index (χ2n) is 10.8. The summed E-state index contributed by atoms with van der Waals surface area (Å²) in [5.74, 6) is -1.25. The number of hydrogen-bond acceptors (Lipinski definition) is 7. The molecule has 7 rings (SSSR count). The minimum atomic E-state index is -0.990. The van der Waals surface area contributed by atoms with E-state index in [9.17, 15) is 24.3 Å². The van der Waals surface area contributed by atoms with Gasteiger partial charge < -0.3 is 19.6 Å². The van der Waals surface area contributed by atoms with E-state index in [0.29, 0.717) is 12.3 Å². The van der Waals surface area contributed by atoms with Gasteiger partial charge in [-0.05, 0) is 62.1 Å². The molecule has 6 atom stereocenters. The van der Waals surface area contributed by atoms with Crippen LogP contribution in [0.5, 0.6) is 5.75 Å². The highest BCUT2D eigenvalue weighted by Crippen LogP contribution is 2.71. The van der Waals surface area contributed by atoms with Crippen LogP contribution in [0.1, 0.15) is 46.0 Å². The van der Waals surface area contributed by atoms with Crippen molar-refractivity contribution in [2.24, 2.45) is 22.7 Å². The van der Waals surface area contributed by atoms with Gasteiger partial charge in [0.05, 0.1) is 17.1 Å². The fraction of sp³-hybridized carbons (Fsp3) is 0.520. The van der Waals surface area contributed by atoms with Gasteiger partial charge in [0.15, 0.2) is 11.4 Å². The molecule has 1 spiro atoms. The quantitative estimate of drug-likeness (QED) is 0.589. The molecule has 2 saturated heterocycles. The van der Waals surface area contributed by atoms with Crippen LogP contribution < -0.4 is 16.6 Å². The maximum absolute atomic E-state index is 13.2. The van der Waals surface area contributed by atoms with Crippen molar-refractivity contribution in [2.75, 3.05) is 5.32 Å². The maximum Gasteiger partial charge on any atom is 0.419 e. The number of carbonyl (C=O) groups is 2. The molecule has 3 N–H and O–H groups in total. The van der Waals surface area contributed by atoms with Crippen LogP contribution in [-0.2, 0) is 14.3 Å². The number of phenols is 1. The van der Waals surface area contributed by atoms with Gasteiger partial charge in [-0.1, -0.05) is 13.0 Å². The Morgan fingerprint density at radius 3 is 2.82 bits per heavy atom. The van der Waals surface area contributed by atoms with E-state index in [1.54, 1.807) is 6.08 Å². The Hall–Kier alpha value is -3.20. The average Bonchev–Trinajstić information content (AvgIpc) is 3.13. The molecular weight excluding hydrogens is 440 g/mol. The molecule has 1 aromatic heterocycles. The monoisotopic (exact) mass is 466 g/mol. The molecule has 4 bridgehead atoms. The summed E-state index contributed by atoms with van der Waals surface area (Å²) in [7, 11) is 0. The fourth-order valence-corrected chi connectivity index (χ4v) is 7.47. The summed E-state index contributed by atoms with van der Waals surface area (Å²) in [6.07, 6.45) is 6.98. The molecule has 5 unspecified atom stereocenters. The molecule has 3 aliphatic carbocycles. The van der Waals surface area contributed by atoms with E-state index in [2.05, 4.69) is 18.3 Å². The zero-order valence-electron chi connectivity index (χ0n) is 19.0. The maximum atomic E-state index is 13.2. The van der Waals surface area contributed by atoms with E-state index in [1.165, 1.54) is 12.1 Å². The molecule has 178 valence electrons. The Labute approximate surface area is 194 Å². The summed E-state index contributed by atoms with van der Waals surface area (Å²) in [6.45, 7) is 4.11. The van der Waals surface area contributed by atoms with Crippen molar-refractivity contribution >= 4 is 28.3 Å². The molecule has 9 heteroatoms. The van der Waals surface area contributed by atoms with Crippen LogP contribution in [0.2, 0.25) is 0 Å². The molecule has 2 aromatic rings. The number of carbonyl (C=O) groups excluding carboxylic acids is 2. The number of ketones is 1. The number of H-pyrrole nitrogens is 1. The van der Waals surface area contributed by atoms with Gasteiger partial charge in [-0.25, -0.2) is 4.79 Å². The number of fused-ring (bicyclic) bond motifs is 1. The van der Waals surface area contributed by atoms with E-state index in [4.69, 9.17) is 9.15 Å². The number of rotatable bonds is 4. The molecule has 34 heavy (non-hydrogen) atoms. The molecule has 1 amide bonds. The van der Waals surface area contributed by atoms with E-state index in [1.807, 2.05) is 11.9 Å². The Morgan fingerprint density at radius 2 is 2.06 bits per heavy atom. The molecular formula is C25H26N2O7. The fourth-order valence-electron chi connectivity index (χ4n) is 7.47. The molecule has 1 aromatic carbocycles. The topological polar surface area (TPSA) is 139 Å². The lowest BCUT2D eigenvalue weighted by molar-refractivity contribution is -0.169. The van der Waals surface area contributed by atoms with Gasteiger partial charge in [-0.3, -0.25) is 19.4 Å². The van der Waals surface area contributed by atoms with Crippen molar-refractivity contribution in [2.45, 2.75) is 57.7 Å². The second kappa shape index (κ2) is 6.69. The lowest BCUT2D eigenvalue weighted by atomic mass is 9.51. The molecule has 2 saturated carbocycles. The minimum Gasteiger partial charge on any atom is -0.506 e. The van der Waals surface area contributed by atoms with Crippen LogP contribution in [0, 0.1) is 22.7 Å². The number of nitrogens with one attached hydrogen (secondary N) is 2. The van der Waals surface area contributed by atoms with Crippen molar-refractivity contribution in [3.63, 3.8) is 0 Å². The molecule has 2 aliphatic heterocycles. The smallest absolute Gasteiger partial charge is 0.419 e. The zero-order chi connectivity index (χ0) is 24.0. The van der Waals surface area contributed by atoms with Gasteiger partial charge >= 0.3 is 5.76 Å². The summed E-state index contributed by atoms with van der Waals surface area (Å²) in [5.41, 5.74) is -1.97. The van der Waals surface area contributed by atoms with Gasteiger partial charge in [0.25, 0.3) is 5.56 Å². The SMILES string of the molecule is CC12CC34C=CC(=O)[C@@](C)(CCC(=O)Nc5c(O)ccc6c(=O)[nH]c(=O)oc56)C3C(CC1C4)O2. The van der Waals surface area contributed by atoms with Gasteiger partial charge in [0.2, 0.25) is 5.91 Å². The number of benzene rings is 1. The second-order valence-corrected chi connectivity index (χ2v) is 10.8. The van der Waals surface area contributed by atoms with Crippen molar-refractivity contribution in [1.29, 1.82) is 0 Å². The average molecular weight is 466 g/mol. The van der Waals surface area contributed by atoms with Crippen molar-refractivity contribution in [3.05, 3.63) is 45.2 Å². The summed E-state index contributed by atoms with van der Waals surface area (Å²) in [5, 5.41) is 12.9. The lowest BCUT2D eigenvalue weighted by Crippen LogP contribution is -2.56. The van der Waals surface area contributed by atoms with E-state index < -0.39 is 22.6 Å². The number of allylic oxidation sites excluding steroid dienone is 2. The highest BCUT2D eigenvalue weighted by molar-refractivity contribution is 6.02. The molecule has 0 radical (unpaired) electrons. The molecule has 4 fully saturated rings. The number of aromatic nitrogens is 1. The number of anilines is 1. The normalized spacial score (nSPS) is 37.4. The predicted octanol–water partition coefficient (Wildman–Crippen LogP) is 2.62.